The summed E-state index contributed by atoms with van der Waals surface area (Å²) in [6.07, 6.45) is 3.35. The Morgan fingerprint density at radius 1 is 1.41 bits per heavy atom. The first-order chi connectivity index (χ1) is 8.34. The molecule has 1 amide bonds. The maximum Gasteiger partial charge on any atom is 0.253 e. The molecule has 1 aromatic carbocycles. The normalized spacial score (nSPS) is 19.6. The Morgan fingerprint density at radius 3 is 3.18 bits per heavy atom. The molecule has 1 atom stereocenters. The van der Waals surface area contributed by atoms with Crippen LogP contribution in [0.1, 0.15) is 12.8 Å². The number of para-hydroxylation sites is 1. The lowest BCUT2D eigenvalue weighted by molar-refractivity contribution is -0.124. The summed E-state index contributed by atoms with van der Waals surface area (Å²) in [7, 11) is 0. The van der Waals surface area contributed by atoms with Crippen molar-refractivity contribution in [2.45, 2.75) is 18.9 Å². The standard InChI is InChI=1S/C13H14N2O2/c16-13(11-5-2-8-17-11)15-10-4-1-3-9-6-7-14-12(9)10/h1,3-4,6-7,11,14H,2,5,8H2,(H,15,16). The maximum atomic E-state index is 11.9. The van der Waals surface area contributed by atoms with Crippen molar-refractivity contribution in [3.8, 4) is 0 Å². The summed E-state index contributed by atoms with van der Waals surface area (Å²) in [5, 5.41) is 4.01. The highest BCUT2D eigenvalue weighted by Gasteiger charge is 2.23. The van der Waals surface area contributed by atoms with Crippen molar-refractivity contribution in [1.82, 2.24) is 4.98 Å². The van der Waals surface area contributed by atoms with E-state index < -0.39 is 0 Å². The van der Waals surface area contributed by atoms with Gasteiger partial charge in [-0.3, -0.25) is 4.79 Å². The van der Waals surface area contributed by atoms with Gasteiger partial charge >= 0.3 is 0 Å². The van der Waals surface area contributed by atoms with E-state index in [0.717, 1.165) is 29.4 Å². The Balaban J connectivity index is 1.84. The molecule has 17 heavy (non-hydrogen) atoms. The van der Waals surface area contributed by atoms with Crippen molar-refractivity contribution in [2.75, 3.05) is 11.9 Å². The van der Waals surface area contributed by atoms with Crippen molar-refractivity contribution >= 4 is 22.5 Å². The number of carbonyl (C=O) groups excluding carboxylic acids is 1. The Bertz CT molecular complexity index is 541. The average Bonchev–Trinajstić information content (AvgIpc) is 3.00. The van der Waals surface area contributed by atoms with Gasteiger partial charge in [-0.1, -0.05) is 12.1 Å². The van der Waals surface area contributed by atoms with Crippen molar-refractivity contribution in [2.24, 2.45) is 0 Å². The highest BCUT2D eigenvalue weighted by Crippen LogP contribution is 2.22. The molecule has 88 valence electrons. The maximum absolute atomic E-state index is 11.9. The molecule has 1 saturated heterocycles. The fourth-order valence-electron chi connectivity index (χ4n) is 2.19. The third-order valence-electron chi connectivity index (χ3n) is 3.07. The summed E-state index contributed by atoms with van der Waals surface area (Å²) < 4.78 is 5.36. The Labute approximate surface area is 99.0 Å². The molecule has 0 bridgehead atoms. The second-order valence-electron chi connectivity index (χ2n) is 4.24. The molecule has 1 aliphatic heterocycles. The van der Waals surface area contributed by atoms with Gasteiger partial charge in [-0.25, -0.2) is 0 Å². The molecule has 0 saturated carbocycles. The number of anilines is 1. The fraction of sp³-hybridized carbons (Fsp3) is 0.308. The van der Waals surface area contributed by atoms with Crippen molar-refractivity contribution < 1.29 is 9.53 Å². The van der Waals surface area contributed by atoms with Gasteiger partial charge in [0.25, 0.3) is 5.91 Å². The number of aromatic amines is 1. The monoisotopic (exact) mass is 230 g/mol. The number of benzene rings is 1. The first-order valence-electron chi connectivity index (χ1n) is 5.83. The second-order valence-corrected chi connectivity index (χ2v) is 4.24. The number of fused-ring (bicyclic) bond motifs is 1. The van der Waals surface area contributed by atoms with Gasteiger partial charge in [0.2, 0.25) is 0 Å². The van der Waals surface area contributed by atoms with Crippen LogP contribution in [-0.4, -0.2) is 23.6 Å². The quantitative estimate of drug-likeness (QED) is 0.831. The number of amides is 1. The number of hydrogen-bond acceptors (Lipinski definition) is 2. The smallest absolute Gasteiger partial charge is 0.253 e. The summed E-state index contributed by atoms with van der Waals surface area (Å²) >= 11 is 0. The van der Waals surface area contributed by atoms with E-state index >= 15 is 0 Å². The minimum absolute atomic E-state index is 0.0513. The summed E-state index contributed by atoms with van der Waals surface area (Å²) in [6, 6.07) is 7.82. The van der Waals surface area contributed by atoms with E-state index in [4.69, 9.17) is 4.74 Å². The molecule has 4 nitrogen and oxygen atoms in total. The number of aromatic nitrogens is 1. The number of hydrogen-bond donors (Lipinski definition) is 2. The van der Waals surface area contributed by atoms with Gasteiger partial charge in [-0.05, 0) is 25.0 Å². The van der Waals surface area contributed by atoms with Crippen LogP contribution >= 0.6 is 0 Å². The Kier molecular flexibility index (Phi) is 2.57. The number of rotatable bonds is 2. The molecule has 0 aliphatic carbocycles. The van der Waals surface area contributed by atoms with E-state index in [2.05, 4.69) is 10.3 Å². The van der Waals surface area contributed by atoms with Gasteiger partial charge < -0.3 is 15.0 Å². The zero-order valence-electron chi connectivity index (χ0n) is 9.40. The highest BCUT2D eigenvalue weighted by molar-refractivity contribution is 6.02. The topological polar surface area (TPSA) is 54.1 Å². The Morgan fingerprint density at radius 2 is 2.35 bits per heavy atom. The third kappa shape index (κ3) is 1.91. The van der Waals surface area contributed by atoms with Crippen molar-refractivity contribution in [3.63, 3.8) is 0 Å². The van der Waals surface area contributed by atoms with Gasteiger partial charge in [-0.2, -0.15) is 0 Å². The molecular weight excluding hydrogens is 216 g/mol. The molecule has 1 unspecified atom stereocenters. The summed E-state index contributed by atoms with van der Waals surface area (Å²) in [6.45, 7) is 0.685. The van der Waals surface area contributed by atoms with Crippen molar-refractivity contribution in [1.29, 1.82) is 0 Å². The van der Waals surface area contributed by atoms with E-state index in [-0.39, 0.29) is 12.0 Å². The van der Waals surface area contributed by atoms with Crippen LogP contribution < -0.4 is 5.32 Å². The molecule has 2 heterocycles. The first-order valence-corrected chi connectivity index (χ1v) is 5.83. The zero-order valence-corrected chi connectivity index (χ0v) is 9.40. The lowest BCUT2D eigenvalue weighted by Crippen LogP contribution is -2.26. The van der Waals surface area contributed by atoms with E-state index in [9.17, 15) is 4.79 Å². The zero-order chi connectivity index (χ0) is 11.7. The first kappa shape index (κ1) is 10.4. The van der Waals surface area contributed by atoms with Gasteiger partial charge in [0.05, 0.1) is 11.2 Å². The van der Waals surface area contributed by atoms with Crippen LogP contribution in [0.15, 0.2) is 30.5 Å². The van der Waals surface area contributed by atoms with Crippen LogP contribution in [0, 0.1) is 0 Å². The van der Waals surface area contributed by atoms with Crippen LogP contribution in [0.2, 0.25) is 0 Å². The van der Waals surface area contributed by atoms with Gasteiger partial charge in [0, 0.05) is 18.2 Å². The summed E-state index contributed by atoms with van der Waals surface area (Å²) in [5.74, 6) is -0.0513. The van der Waals surface area contributed by atoms with Crippen LogP contribution in [0.25, 0.3) is 10.9 Å². The van der Waals surface area contributed by atoms with Crippen LogP contribution in [-0.2, 0) is 9.53 Å². The number of nitrogens with one attached hydrogen (secondary N) is 2. The van der Waals surface area contributed by atoms with E-state index in [1.807, 2.05) is 30.5 Å². The fourth-order valence-corrected chi connectivity index (χ4v) is 2.19. The van der Waals surface area contributed by atoms with Crippen LogP contribution in [0.3, 0.4) is 0 Å². The predicted octanol–water partition coefficient (Wildman–Crippen LogP) is 2.29. The molecule has 3 rings (SSSR count). The SMILES string of the molecule is O=C(Nc1cccc2cc[nH]c12)C1CCCO1. The van der Waals surface area contributed by atoms with Crippen LogP contribution in [0.5, 0.6) is 0 Å². The minimum atomic E-state index is -0.291. The van der Waals surface area contributed by atoms with Crippen LogP contribution in [0.4, 0.5) is 5.69 Å². The molecule has 0 radical (unpaired) electrons. The molecule has 1 fully saturated rings. The van der Waals surface area contributed by atoms with Gasteiger partial charge in [-0.15, -0.1) is 0 Å². The Hall–Kier alpha value is -1.81. The molecule has 1 aliphatic rings. The predicted molar refractivity (Wildman–Crippen MR) is 65.9 cm³/mol. The van der Waals surface area contributed by atoms with Gasteiger partial charge in [0.1, 0.15) is 6.10 Å². The molecular formula is C13H14N2O2. The van der Waals surface area contributed by atoms with Crippen molar-refractivity contribution in [3.05, 3.63) is 30.5 Å². The lowest BCUT2D eigenvalue weighted by Gasteiger charge is -2.11. The third-order valence-corrected chi connectivity index (χ3v) is 3.07. The molecule has 0 spiro atoms. The number of ether oxygens (including phenoxy) is 1. The molecule has 1 aromatic heterocycles. The summed E-state index contributed by atoms with van der Waals surface area (Å²) in [4.78, 5) is 15.1. The minimum Gasteiger partial charge on any atom is -0.368 e. The average molecular weight is 230 g/mol. The second kappa shape index (κ2) is 4.22. The van der Waals surface area contributed by atoms with E-state index in [1.54, 1.807) is 0 Å². The van der Waals surface area contributed by atoms with E-state index in [0.29, 0.717) is 6.61 Å². The molecule has 2 N–H and O–H groups in total. The number of H-pyrrole nitrogens is 1. The van der Waals surface area contributed by atoms with E-state index in [1.165, 1.54) is 0 Å². The molecule has 4 heteroatoms. The number of carbonyl (C=O) groups is 1. The van der Waals surface area contributed by atoms with Gasteiger partial charge in [0.15, 0.2) is 0 Å². The largest absolute Gasteiger partial charge is 0.368 e. The summed E-state index contributed by atoms with van der Waals surface area (Å²) in [5.41, 5.74) is 1.77. The highest BCUT2D eigenvalue weighted by atomic mass is 16.5. The molecule has 2 aromatic rings. The lowest BCUT2D eigenvalue weighted by atomic mass is 10.2.